The molecule has 7 nitrogen and oxygen atoms in total. The first-order valence-corrected chi connectivity index (χ1v) is 8.15. The minimum absolute atomic E-state index is 0.00392. The Morgan fingerprint density at radius 2 is 2.04 bits per heavy atom. The summed E-state index contributed by atoms with van der Waals surface area (Å²) in [5, 5.41) is 7.09. The quantitative estimate of drug-likeness (QED) is 0.886. The molecule has 1 atom stereocenters. The molecule has 1 aromatic carbocycles. The van der Waals surface area contributed by atoms with Crippen molar-refractivity contribution in [1.29, 1.82) is 0 Å². The predicted molar refractivity (Wildman–Crippen MR) is 94.6 cm³/mol. The largest absolute Gasteiger partial charge is 0.444 e. The van der Waals surface area contributed by atoms with Gasteiger partial charge in [0.25, 0.3) is 0 Å². The van der Waals surface area contributed by atoms with Crippen LogP contribution in [0.4, 0.5) is 10.5 Å². The Morgan fingerprint density at radius 3 is 2.64 bits per heavy atom. The lowest BCUT2D eigenvalue weighted by atomic mass is 10.0. The maximum absolute atomic E-state index is 11.8. The smallest absolute Gasteiger partial charge is 0.412 e. The number of rotatable bonds is 3. The average Bonchev–Trinajstić information content (AvgIpc) is 3.15. The zero-order chi connectivity index (χ0) is 18.0. The van der Waals surface area contributed by atoms with E-state index in [9.17, 15) is 4.79 Å². The van der Waals surface area contributed by atoms with Gasteiger partial charge in [0.05, 0.1) is 11.9 Å². The molecule has 0 spiro atoms. The summed E-state index contributed by atoms with van der Waals surface area (Å²) in [7, 11) is 0. The maximum Gasteiger partial charge on any atom is 0.412 e. The summed E-state index contributed by atoms with van der Waals surface area (Å²) in [6.45, 7) is 7.30. The number of amides is 1. The van der Waals surface area contributed by atoms with Crippen LogP contribution in [0, 0.1) is 6.92 Å². The molecule has 0 aliphatic carbocycles. The fourth-order valence-corrected chi connectivity index (χ4v) is 2.49. The number of carbonyl (C=O) groups is 1. The van der Waals surface area contributed by atoms with Crippen molar-refractivity contribution in [3.63, 3.8) is 0 Å². The van der Waals surface area contributed by atoms with Crippen LogP contribution in [-0.2, 0) is 4.74 Å². The SMILES string of the molecule is Cc1ncc(C2CC(c3ccc(NC(=O)OC(C)(C)C)cc3)=NN2)o1. The van der Waals surface area contributed by atoms with E-state index in [2.05, 4.69) is 20.8 Å². The Kier molecular flexibility index (Phi) is 4.48. The van der Waals surface area contributed by atoms with Crippen molar-refractivity contribution >= 4 is 17.5 Å². The molecule has 0 fully saturated rings. The molecule has 0 saturated carbocycles. The number of ether oxygens (including phenoxy) is 1. The zero-order valence-electron chi connectivity index (χ0n) is 14.8. The van der Waals surface area contributed by atoms with Gasteiger partial charge in [-0.3, -0.25) is 10.7 Å². The first-order chi connectivity index (χ1) is 11.8. The first kappa shape index (κ1) is 17.0. The van der Waals surface area contributed by atoms with Gasteiger partial charge in [-0.15, -0.1) is 0 Å². The molecule has 1 amide bonds. The second-order valence-corrected chi connectivity index (χ2v) is 6.93. The molecular formula is C18H22N4O3. The number of oxazole rings is 1. The molecule has 1 aliphatic rings. The normalized spacial score (nSPS) is 17.0. The molecule has 0 bridgehead atoms. The number of anilines is 1. The molecule has 2 aromatic rings. The second kappa shape index (κ2) is 6.58. The predicted octanol–water partition coefficient (Wildman–Crippen LogP) is 3.77. The number of aromatic nitrogens is 1. The standard InChI is InChI=1S/C18H22N4O3/c1-11-19-10-16(24-11)15-9-14(21-22-15)12-5-7-13(8-6-12)20-17(23)25-18(2,3)4/h5-8,10,15,22H,9H2,1-4H3,(H,20,23). The third-order valence-corrected chi connectivity index (χ3v) is 3.60. The molecule has 3 rings (SSSR count). The summed E-state index contributed by atoms with van der Waals surface area (Å²) in [5.74, 6) is 1.42. The summed E-state index contributed by atoms with van der Waals surface area (Å²) in [5.41, 5.74) is 5.14. The van der Waals surface area contributed by atoms with Crippen LogP contribution in [0.1, 0.15) is 50.4 Å². The highest BCUT2D eigenvalue weighted by Crippen LogP contribution is 2.25. The first-order valence-electron chi connectivity index (χ1n) is 8.15. The summed E-state index contributed by atoms with van der Waals surface area (Å²) < 4.78 is 10.8. The van der Waals surface area contributed by atoms with Gasteiger partial charge in [0.15, 0.2) is 5.89 Å². The Labute approximate surface area is 146 Å². The summed E-state index contributed by atoms with van der Waals surface area (Å²) in [6.07, 6.45) is 1.97. The molecule has 0 saturated heterocycles. The van der Waals surface area contributed by atoms with Crippen LogP contribution in [0.2, 0.25) is 0 Å². The Bertz CT molecular complexity index is 787. The number of hydrazone groups is 1. The zero-order valence-corrected chi connectivity index (χ0v) is 14.8. The van der Waals surface area contributed by atoms with Crippen molar-refractivity contribution in [1.82, 2.24) is 10.4 Å². The van der Waals surface area contributed by atoms with Gasteiger partial charge in [-0.25, -0.2) is 9.78 Å². The van der Waals surface area contributed by atoms with Gasteiger partial charge in [0, 0.05) is 19.0 Å². The number of nitrogens with zero attached hydrogens (tertiary/aromatic N) is 2. The van der Waals surface area contributed by atoms with Crippen molar-refractivity contribution in [2.45, 2.75) is 45.8 Å². The number of hydrogen-bond donors (Lipinski definition) is 2. The maximum atomic E-state index is 11.8. The highest BCUT2D eigenvalue weighted by molar-refractivity contribution is 6.02. The highest BCUT2D eigenvalue weighted by atomic mass is 16.6. The molecule has 1 aromatic heterocycles. The highest BCUT2D eigenvalue weighted by Gasteiger charge is 2.24. The fraction of sp³-hybridized carbons (Fsp3) is 0.389. The van der Waals surface area contributed by atoms with Crippen LogP contribution in [0.3, 0.4) is 0 Å². The number of benzene rings is 1. The molecule has 0 radical (unpaired) electrons. The molecule has 25 heavy (non-hydrogen) atoms. The third kappa shape index (κ3) is 4.37. The van der Waals surface area contributed by atoms with Gasteiger partial charge in [-0.1, -0.05) is 12.1 Å². The lowest BCUT2D eigenvalue weighted by Crippen LogP contribution is -2.27. The van der Waals surface area contributed by atoms with E-state index in [1.807, 2.05) is 52.0 Å². The van der Waals surface area contributed by atoms with Crippen LogP contribution < -0.4 is 10.7 Å². The van der Waals surface area contributed by atoms with Crippen molar-refractivity contribution in [2.24, 2.45) is 5.10 Å². The van der Waals surface area contributed by atoms with Crippen molar-refractivity contribution in [2.75, 3.05) is 5.32 Å². The number of nitrogens with one attached hydrogen (secondary N) is 2. The van der Waals surface area contributed by atoms with E-state index >= 15 is 0 Å². The summed E-state index contributed by atoms with van der Waals surface area (Å²) >= 11 is 0. The number of hydrogen-bond acceptors (Lipinski definition) is 6. The minimum Gasteiger partial charge on any atom is -0.444 e. The third-order valence-electron chi connectivity index (χ3n) is 3.60. The van der Waals surface area contributed by atoms with Gasteiger partial charge in [0.2, 0.25) is 0 Å². The number of carbonyl (C=O) groups excluding carboxylic acids is 1. The van der Waals surface area contributed by atoms with E-state index in [0.29, 0.717) is 18.0 Å². The van der Waals surface area contributed by atoms with Gasteiger partial charge >= 0.3 is 6.09 Å². The molecular weight excluding hydrogens is 320 g/mol. The van der Waals surface area contributed by atoms with Gasteiger partial charge < -0.3 is 9.15 Å². The van der Waals surface area contributed by atoms with E-state index in [4.69, 9.17) is 9.15 Å². The summed E-state index contributed by atoms with van der Waals surface area (Å²) in [4.78, 5) is 15.9. The van der Waals surface area contributed by atoms with Gasteiger partial charge in [-0.05, 0) is 38.5 Å². The van der Waals surface area contributed by atoms with E-state index in [1.165, 1.54) is 0 Å². The van der Waals surface area contributed by atoms with Crippen LogP contribution in [-0.4, -0.2) is 22.4 Å². The lowest BCUT2D eigenvalue weighted by Gasteiger charge is -2.19. The van der Waals surface area contributed by atoms with Crippen molar-refractivity contribution < 1.29 is 13.9 Å². The van der Waals surface area contributed by atoms with Crippen LogP contribution in [0.5, 0.6) is 0 Å². The van der Waals surface area contributed by atoms with Crippen molar-refractivity contribution in [3.8, 4) is 0 Å². The minimum atomic E-state index is -0.525. The second-order valence-electron chi connectivity index (χ2n) is 6.93. The van der Waals surface area contributed by atoms with E-state index < -0.39 is 11.7 Å². The van der Waals surface area contributed by atoms with Crippen LogP contribution in [0.25, 0.3) is 0 Å². The summed E-state index contributed by atoms with van der Waals surface area (Å²) in [6, 6.07) is 7.49. The Morgan fingerprint density at radius 1 is 1.32 bits per heavy atom. The van der Waals surface area contributed by atoms with Crippen LogP contribution >= 0.6 is 0 Å². The molecule has 1 unspecified atom stereocenters. The average molecular weight is 342 g/mol. The fourth-order valence-electron chi connectivity index (χ4n) is 2.49. The van der Waals surface area contributed by atoms with E-state index in [1.54, 1.807) is 6.20 Å². The monoisotopic (exact) mass is 342 g/mol. The van der Waals surface area contributed by atoms with Crippen LogP contribution in [0.15, 0.2) is 40.0 Å². The molecule has 1 aliphatic heterocycles. The topological polar surface area (TPSA) is 88.8 Å². The molecule has 2 heterocycles. The van der Waals surface area contributed by atoms with Gasteiger partial charge in [-0.2, -0.15) is 5.10 Å². The number of aryl methyl sites for hydroxylation is 1. The lowest BCUT2D eigenvalue weighted by molar-refractivity contribution is 0.0636. The Balaban J connectivity index is 1.60. The molecule has 2 N–H and O–H groups in total. The van der Waals surface area contributed by atoms with Gasteiger partial charge in [0.1, 0.15) is 17.4 Å². The van der Waals surface area contributed by atoms with E-state index in [-0.39, 0.29) is 6.04 Å². The van der Waals surface area contributed by atoms with Crippen molar-refractivity contribution in [3.05, 3.63) is 47.7 Å². The Hall–Kier alpha value is -2.83. The van der Waals surface area contributed by atoms with E-state index in [0.717, 1.165) is 17.0 Å². The molecule has 7 heteroatoms. The molecule has 132 valence electrons.